The van der Waals surface area contributed by atoms with Gasteiger partial charge in [-0.3, -0.25) is 0 Å². The zero-order valence-corrected chi connectivity index (χ0v) is 9.09. The summed E-state index contributed by atoms with van der Waals surface area (Å²) in [4.78, 5) is 0. The van der Waals surface area contributed by atoms with Crippen molar-refractivity contribution in [2.45, 2.75) is 19.1 Å². The molecule has 0 radical (unpaired) electrons. The van der Waals surface area contributed by atoms with Crippen molar-refractivity contribution in [1.82, 2.24) is 0 Å². The topological polar surface area (TPSA) is 18.5 Å². The number of hydrogen-bond acceptors (Lipinski definition) is 2. The molecule has 1 aliphatic rings. The summed E-state index contributed by atoms with van der Waals surface area (Å²) in [5.74, 6) is -0.130. The van der Waals surface area contributed by atoms with E-state index in [1.807, 2.05) is 0 Å². The molecule has 0 saturated carbocycles. The van der Waals surface area contributed by atoms with Gasteiger partial charge in [0.05, 0.1) is 11.1 Å². The second-order valence-corrected chi connectivity index (χ2v) is 3.97. The molecule has 14 heavy (non-hydrogen) atoms. The maximum absolute atomic E-state index is 13.4. The van der Waals surface area contributed by atoms with Gasteiger partial charge < -0.3 is 9.47 Å². The lowest BCUT2D eigenvalue weighted by atomic mass is 10.3. The molecule has 4 heteroatoms. The molecule has 1 atom stereocenters. The molecule has 1 aromatic rings. The number of rotatable bonds is 2. The van der Waals surface area contributed by atoms with Gasteiger partial charge in [-0.25, -0.2) is 4.39 Å². The van der Waals surface area contributed by atoms with Crippen LogP contribution in [0.2, 0.25) is 0 Å². The Balaban J connectivity index is 2.11. The largest absolute Gasteiger partial charge is 0.462 e. The fraction of sp³-hybridized carbons (Fsp3) is 0.400. The van der Waals surface area contributed by atoms with Crippen LogP contribution < -0.4 is 4.74 Å². The van der Waals surface area contributed by atoms with Gasteiger partial charge in [-0.2, -0.15) is 0 Å². The van der Waals surface area contributed by atoms with Crippen LogP contribution in [0.15, 0.2) is 22.7 Å². The van der Waals surface area contributed by atoms with Gasteiger partial charge in [-0.15, -0.1) is 0 Å². The smallest absolute Gasteiger partial charge is 0.200 e. The highest BCUT2D eigenvalue weighted by atomic mass is 79.9. The second kappa shape index (κ2) is 4.28. The fourth-order valence-corrected chi connectivity index (χ4v) is 1.71. The molecule has 0 spiro atoms. The van der Waals surface area contributed by atoms with Gasteiger partial charge in [-0.05, 0) is 34.5 Å². The third kappa shape index (κ3) is 2.07. The molecule has 2 rings (SSSR count). The van der Waals surface area contributed by atoms with E-state index in [0.717, 1.165) is 12.8 Å². The normalized spacial score (nSPS) is 21.1. The Morgan fingerprint density at radius 3 is 3.07 bits per heavy atom. The Morgan fingerprint density at radius 1 is 1.50 bits per heavy atom. The van der Waals surface area contributed by atoms with Gasteiger partial charge in [0, 0.05) is 6.42 Å². The first-order valence-corrected chi connectivity index (χ1v) is 5.29. The fourth-order valence-electron chi connectivity index (χ4n) is 1.36. The van der Waals surface area contributed by atoms with Crippen LogP contribution in [0.3, 0.4) is 0 Å². The highest BCUT2D eigenvalue weighted by Gasteiger charge is 2.19. The first kappa shape index (κ1) is 9.93. The Morgan fingerprint density at radius 2 is 2.36 bits per heavy atom. The molecule has 1 aliphatic heterocycles. The SMILES string of the molecule is Fc1c(Br)cccc1OC1CCCO1. The lowest BCUT2D eigenvalue weighted by Gasteiger charge is -2.13. The van der Waals surface area contributed by atoms with Crippen LogP contribution in [0.5, 0.6) is 5.75 Å². The van der Waals surface area contributed by atoms with E-state index in [4.69, 9.17) is 9.47 Å². The van der Waals surface area contributed by atoms with Crippen LogP contribution in [-0.4, -0.2) is 12.9 Å². The van der Waals surface area contributed by atoms with Crippen molar-refractivity contribution in [3.05, 3.63) is 28.5 Å². The Labute approximate surface area is 90.1 Å². The molecular weight excluding hydrogens is 251 g/mol. The highest BCUT2D eigenvalue weighted by Crippen LogP contribution is 2.27. The summed E-state index contributed by atoms with van der Waals surface area (Å²) in [7, 11) is 0. The molecule has 1 unspecified atom stereocenters. The summed E-state index contributed by atoms with van der Waals surface area (Å²) < 4.78 is 24.4. The van der Waals surface area contributed by atoms with E-state index in [-0.39, 0.29) is 17.9 Å². The van der Waals surface area contributed by atoms with Gasteiger partial charge in [-0.1, -0.05) is 6.07 Å². The van der Waals surface area contributed by atoms with Crippen molar-refractivity contribution in [3.8, 4) is 5.75 Å². The summed E-state index contributed by atoms with van der Waals surface area (Å²) in [5.41, 5.74) is 0. The summed E-state index contributed by atoms with van der Waals surface area (Å²) >= 11 is 3.10. The molecule has 76 valence electrons. The third-order valence-electron chi connectivity index (χ3n) is 2.06. The van der Waals surface area contributed by atoms with Crippen molar-refractivity contribution >= 4 is 15.9 Å². The lowest BCUT2D eigenvalue weighted by molar-refractivity contribution is -0.0411. The van der Waals surface area contributed by atoms with Crippen LogP contribution in [0, 0.1) is 5.82 Å². The van der Waals surface area contributed by atoms with E-state index in [0.29, 0.717) is 11.1 Å². The van der Waals surface area contributed by atoms with Crippen molar-refractivity contribution in [2.75, 3.05) is 6.61 Å². The number of benzene rings is 1. The first-order chi connectivity index (χ1) is 6.77. The maximum Gasteiger partial charge on any atom is 0.200 e. The van der Waals surface area contributed by atoms with Gasteiger partial charge >= 0.3 is 0 Å². The minimum Gasteiger partial charge on any atom is -0.462 e. The molecule has 1 saturated heterocycles. The van der Waals surface area contributed by atoms with Crippen molar-refractivity contribution in [1.29, 1.82) is 0 Å². The Hall–Kier alpha value is -0.610. The van der Waals surface area contributed by atoms with E-state index >= 15 is 0 Å². The maximum atomic E-state index is 13.4. The molecule has 0 N–H and O–H groups in total. The van der Waals surface area contributed by atoms with Crippen molar-refractivity contribution in [3.63, 3.8) is 0 Å². The van der Waals surface area contributed by atoms with E-state index in [2.05, 4.69) is 15.9 Å². The minimum absolute atomic E-state index is 0.242. The lowest BCUT2D eigenvalue weighted by Crippen LogP contribution is -2.14. The van der Waals surface area contributed by atoms with Gasteiger partial charge in [0.15, 0.2) is 17.9 Å². The zero-order chi connectivity index (χ0) is 9.97. The third-order valence-corrected chi connectivity index (χ3v) is 2.67. The van der Waals surface area contributed by atoms with Crippen molar-refractivity contribution < 1.29 is 13.9 Å². The molecule has 1 aromatic carbocycles. The molecule has 1 heterocycles. The van der Waals surface area contributed by atoms with Crippen LogP contribution >= 0.6 is 15.9 Å². The standard InChI is InChI=1S/C10H10BrFO2/c11-7-3-1-4-8(10(7)12)14-9-5-2-6-13-9/h1,3-4,9H,2,5-6H2. The number of hydrogen-bond donors (Lipinski definition) is 0. The molecular formula is C10H10BrFO2. The summed E-state index contributed by atoms with van der Waals surface area (Å²) in [6, 6.07) is 4.97. The van der Waals surface area contributed by atoms with E-state index in [1.54, 1.807) is 18.2 Å². The monoisotopic (exact) mass is 260 g/mol. The summed E-state index contributed by atoms with van der Waals surface area (Å²) in [6.07, 6.45) is 1.51. The van der Waals surface area contributed by atoms with E-state index in [9.17, 15) is 4.39 Å². The minimum atomic E-state index is -0.372. The molecule has 0 aromatic heterocycles. The first-order valence-electron chi connectivity index (χ1n) is 4.49. The number of halogens is 2. The van der Waals surface area contributed by atoms with Crippen molar-refractivity contribution in [2.24, 2.45) is 0 Å². The van der Waals surface area contributed by atoms with E-state index < -0.39 is 0 Å². The molecule has 2 nitrogen and oxygen atoms in total. The van der Waals surface area contributed by atoms with Gasteiger partial charge in [0.1, 0.15) is 0 Å². The Bertz CT molecular complexity index is 324. The van der Waals surface area contributed by atoms with E-state index in [1.165, 1.54) is 0 Å². The van der Waals surface area contributed by atoms with Crippen LogP contribution in [-0.2, 0) is 4.74 Å². The van der Waals surface area contributed by atoms with Crippen LogP contribution in [0.4, 0.5) is 4.39 Å². The van der Waals surface area contributed by atoms with Gasteiger partial charge in [0.25, 0.3) is 0 Å². The average molecular weight is 261 g/mol. The summed E-state index contributed by atoms with van der Waals surface area (Å²) in [6.45, 7) is 0.695. The molecule has 1 fully saturated rings. The molecule has 0 bridgehead atoms. The molecule has 0 amide bonds. The summed E-state index contributed by atoms with van der Waals surface area (Å²) in [5, 5.41) is 0. The highest BCUT2D eigenvalue weighted by molar-refractivity contribution is 9.10. The van der Waals surface area contributed by atoms with Gasteiger partial charge in [0.2, 0.25) is 0 Å². The average Bonchev–Trinajstić information content (AvgIpc) is 2.66. The predicted molar refractivity (Wildman–Crippen MR) is 53.7 cm³/mol. The van der Waals surface area contributed by atoms with Crippen LogP contribution in [0.25, 0.3) is 0 Å². The Kier molecular flexibility index (Phi) is 3.03. The number of ether oxygens (including phenoxy) is 2. The van der Waals surface area contributed by atoms with Crippen LogP contribution in [0.1, 0.15) is 12.8 Å². The predicted octanol–water partition coefficient (Wildman–Crippen LogP) is 3.10. The second-order valence-electron chi connectivity index (χ2n) is 3.11. The quantitative estimate of drug-likeness (QED) is 0.814. The molecule has 0 aliphatic carbocycles. The zero-order valence-electron chi connectivity index (χ0n) is 7.50.